The van der Waals surface area contributed by atoms with Crippen molar-refractivity contribution in [1.82, 2.24) is 0 Å². The summed E-state index contributed by atoms with van der Waals surface area (Å²) in [6, 6.07) is 0. The molecule has 0 aliphatic heterocycles. The van der Waals surface area contributed by atoms with Crippen LogP contribution in [0, 0.1) is 17.3 Å². The molecule has 160 valence electrons. The Kier molecular flexibility index (Phi) is 7.19. The molecule has 0 amide bonds. The zero-order chi connectivity index (χ0) is 21.9. The molecule has 0 bridgehead atoms. The molecule has 2 rings (SSSR count). The number of rotatable bonds is 8. The third-order valence-electron chi connectivity index (χ3n) is 5.89. The number of methoxy groups -OCH3 is 1. The minimum atomic E-state index is -0.962. The van der Waals surface area contributed by atoms with Crippen LogP contribution in [0.25, 0.3) is 0 Å². The van der Waals surface area contributed by atoms with E-state index >= 15 is 0 Å². The third-order valence-corrected chi connectivity index (χ3v) is 5.89. The molecule has 2 aliphatic rings. The summed E-state index contributed by atoms with van der Waals surface area (Å²) in [5.74, 6) is -1.40. The molecule has 7 nitrogen and oxygen atoms in total. The normalized spacial score (nSPS) is 27.3. The van der Waals surface area contributed by atoms with Gasteiger partial charge in [-0.2, -0.15) is 0 Å². The van der Waals surface area contributed by atoms with Gasteiger partial charge in [0.05, 0.1) is 32.2 Å². The summed E-state index contributed by atoms with van der Waals surface area (Å²) >= 11 is 0. The van der Waals surface area contributed by atoms with Crippen molar-refractivity contribution >= 4 is 17.7 Å². The number of Topliss-reactive ketones (excluding diaryl/α,β-unsaturated/α-hetero) is 1. The Bertz CT molecular complexity index is 772. The second-order valence-corrected chi connectivity index (χ2v) is 8.26. The van der Waals surface area contributed by atoms with Gasteiger partial charge in [-0.3, -0.25) is 9.59 Å². The van der Waals surface area contributed by atoms with Gasteiger partial charge in [-0.15, -0.1) is 0 Å². The van der Waals surface area contributed by atoms with Gasteiger partial charge in [0.25, 0.3) is 0 Å². The number of hydrogen-bond acceptors (Lipinski definition) is 7. The van der Waals surface area contributed by atoms with E-state index in [-0.39, 0.29) is 42.0 Å². The predicted octanol–water partition coefficient (Wildman–Crippen LogP) is 1.88. The third kappa shape index (κ3) is 5.03. The summed E-state index contributed by atoms with van der Waals surface area (Å²) in [5, 5.41) is 18.2. The lowest BCUT2D eigenvalue weighted by Crippen LogP contribution is -2.20. The number of aliphatic hydroxyl groups is 2. The van der Waals surface area contributed by atoms with Gasteiger partial charge in [-0.05, 0) is 37.2 Å². The van der Waals surface area contributed by atoms with Gasteiger partial charge >= 0.3 is 11.9 Å². The van der Waals surface area contributed by atoms with Gasteiger partial charge in [0.2, 0.25) is 0 Å². The van der Waals surface area contributed by atoms with Crippen LogP contribution in [0.3, 0.4) is 0 Å². The molecule has 0 heterocycles. The lowest BCUT2D eigenvalue weighted by Gasteiger charge is -2.13. The number of ketones is 1. The molecule has 0 spiro atoms. The molecular formula is C22H30O7. The maximum atomic E-state index is 12.7. The van der Waals surface area contributed by atoms with Crippen LogP contribution in [-0.4, -0.2) is 53.9 Å². The Morgan fingerprint density at radius 1 is 1.34 bits per heavy atom. The van der Waals surface area contributed by atoms with Crippen molar-refractivity contribution in [3.8, 4) is 0 Å². The molecule has 1 saturated carbocycles. The minimum Gasteiger partial charge on any atom is -0.466 e. The highest BCUT2D eigenvalue weighted by molar-refractivity contribution is 6.00. The molecule has 0 unspecified atom stereocenters. The molecule has 1 fully saturated rings. The molecular weight excluding hydrogens is 376 g/mol. The largest absolute Gasteiger partial charge is 0.466 e. The van der Waals surface area contributed by atoms with E-state index in [1.165, 1.54) is 13.2 Å². The van der Waals surface area contributed by atoms with Crippen LogP contribution in [0.15, 0.2) is 34.9 Å². The van der Waals surface area contributed by atoms with Crippen LogP contribution in [0.5, 0.6) is 0 Å². The van der Waals surface area contributed by atoms with E-state index in [0.29, 0.717) is 23.1 Å². The molecule has 0 aromatic rings. The summed E-state index contributed by atoms with van der Waals surface area (Å²) in [4.78, 5) is 36.6. The molecule has 4 atom stereocenters. The van der Waals surface area contributed by atoms with Gasteiger partial charge in [0.1, 0.15) is 6.10 Å². The minimum absolute atomic E-state index is 0.0866. The van der Waals surface area contributed by atoms with E-state index in [2.05, 4.69) is 0 Å². The molecule has 0 saturated heterocycles. The lowest BCUT2D eigenvalue weighted by atomic mass is 10.1. The van der Waals surface area contributed by atoms with Gasteiger partial charge in [0.15, 0.2) is 5.78 Å². The Hall–Kier alpha value is -2.25. The zero-order valence-corrected chi connectivity index (χ0v) is 17.6. The standard InChI is InChI=1S/C22H30O7/c1-12(20(26)28-5)9-16-19(22(16,3)4)21(27)29-18-10-17(25)15(13(18)2)8-6-7-14(24)11-23/h6-7,9,14,16,18-19,23-24H,8,10-11H2,1-5H3/t14-,16-,18-,19-/m0/s1. The van der Waals surface area contributed by atoms with Crippen molar-refractivity contribution < 1.29 is 34.1 Å². The van der Waals surface area contributed by atoms with Crippen molar-refractivity contribution in [2.75, 3.05) is 13.7 Å². The Morgan fingerprint density at radius 2 is 2.00 bits per heavy atom. The molecule has 29 heavy (non-hydrogen) atoms. The fraction of sp³-hybridized carbons (Fsp3) is 0.591. The van der Waals surface area contributed by atoms with Gasteiger partial charge in [-0.25, -0.2) is 4.79 Å². The van der Waals surface area contributed by atoms with E-state index < -0.39 is 18.2 Å². The van der Waals surface area contributed by atoms with E-state index in [9.17, 15) is 19.5 Å². The average molecular weight is 406 g/mol. The monoisotopic (exact) mass is 406 g/mol. The highest BCUT2D eigenvalue weighted by atomic mass is 16.5. The van der Waals surface area contributed by atoms with Crippen LogP contribution in [0.2, 0.25) is 0 Å². The zero-order valence-electron chi connectivity index (χ0n) is 17.6. The summed E-state index contributed by atoms with van der Waals surface area (Å²) in [5.41, 5.74) is 1.39. The summed E-state index contributed by atoms with van der Waals surface area (Å²) in [6.07, 6.45) is 3.68. The number of aliphatic hydroxyl groups excluding tert-OH is 2. The number of allylic oxidation sites excluding steroid dienone is 3. The van der Waals surface area contributed by atoms with Crippen LogP contribution >= 0.6 is 0 Å². The average Bonchev–Trinajstić information content (AvgIpc) is 3.11. The predicted molar refractivity (Wildman–Crippen MR) is 106 cm³/mol. The first-order chi connectivity index (χ1) is 13.5. The maximum Gasteiger partial charge on any atom is 0.333 e. The summed E-state index contributed by atoms with van der Waals surface area (Å²) in [7, 11) is 1.31. The first kappa shape index (κ1) is 23.0. The molecule has 0 aromatic heterocycles. The Labute approximate surface area is 171 Å². The SMILES string of the molecule is COC(=O)C(C)=C[C@H]1[C@@H](C(=O)O[C@H]2CC(=O)C(CC=C[C@H](O)CO)=C2C)C1(C)C. The number of esters is 2. The van der Waals surface area contributed by atoms with Crippen molar-refractivity contribution in [1.29, 1.82) is 0 Å². The smallest absolute Gasteiger partial charge is 0.333 e. The fourth-order valence-electron chi connectivity index (χ4n) is 3.82. The van der Waals surface area contributed by atoms with Crippen LogP contribution in [0.1, 0.15) is 40.5 Å². The van der Waals surface area contributed by atoms with Crippen molar-refractivity contribution in [2.24, 2.45) is 17.3 Å². The number of hydrogen-bond donors (Lipinski definition) is 2. The first-order valence-electron chi connectivity index (χ1n) is 9.70. The summed E-state index contributed by atoms with van der Waals surface area (Å²) < 4.78 is 10.4. The van der Waals surface area contributed by atoms with E-state index in [4.69, 9.17) is 14.6 Å². The van der Waals surface area contributed by atoms with Crippen molar-refractivity contribution in [2.45, 2.75) is 52.7 Å². The van der Waals surface area contributed by atoms with E-state index in [1.54, 1.807) is 26.0 Å². The fourth-order valence-corrected chi connectivity index (χ4v) is 3.82. The molecule has 2 aliphatic carbocycles. The van der Waals surface area contributed by atoms with Gasteiger partial charge < -0.3 is 19.7 Å². The molecule has 0 radical (unpaired) electrons. The number of carbonyl (C=O) groups is 3. The van der Waals surface area contributed by atoms with Gasteiger partial charge in [0, 0.05) is 11.1 Å². The van der Waals surface area contributed by atoms with Gasteiger partial charge in [-0.1, -0.05) is 32.1 Å². The lowest BCUT2D eigenvalue weighted by molar-refractivity contribution is -0.150. The van der Waals surface area contributed by atoms with E-state index in [0.717, 1.165) is 0 Å². The molecule has 0 aromatic carbocycles. The van der Waals surface area contributed by atoms with Crippen LogP contribution in [0.4, 0.5) is 0 Å². The summed E-state index contributed by atoms with van der Waals surface area (Å²) in [6.45, 7) is 6.92. The molecule has 7 heteroatoms. The number of ether oxygens (including phenoxy) is 2. The quantitative estimate of drug-likeness (QED) is 0.360. The molecule has 2 N–H and O–H groups in total. The maximum absolute atomic E-state index is 12.7. The Balaban J connectivity index is 2.04. The topological polar surface area (TPSA) is 110 Å². The van der Waals surface area contributed by atoms with Crippen molar-refractivity contribution in [3.05, 3.63) is 34.9 Å². The van der Waals surface area contributed by atoms with E-state index in [1.807, 2.05) is 13.8 Å². The number of carbonyl (C=O) groups excluding carboxylic acids is 3. The highest BCUT2D eigenvalue weighted by Gasteiger charge is 2.62. The highest BCUT2D eigenvalue weighted by Crippen LogP contribution is 2.60. The second kappa shape index (κ2) is 9.05. The first-order valence-corrected chi connectivity index (χ1v) is 9.70. The van der Waals surface area contributed by atoms with Crippen LogP contribution < -0.4 is 0 Å². The second-order valence-electron chi connectivity index (χ2n) is 8.26. The Morgan fingerprint density at radius 3 is 2.59 bits per heavy atom. The van der Waals surface area contributed by atoms with Crippen LogP contribution in [-0.2, 0) is 23.9 Å². The van der Waals surface area contributed by atoms with Crippen molar-refractivity contribution in [3.63, 3.8) is 0 Å².